The van der Waals surface area contributed by atoms with Gasteiger partial charge in [0.25, 0.3) is 0 Å². The van der Waals surface area contributed by atoms with Crippen molar-refractivity contribution in [3.63, 3.8) is 0 Å². The van der Waals surface area contributed by atoms with Crippen molar-refractivity contribution in [1.82, 2.24) is 19.3 Å². The van der Waals surface area contributed by atoms with E-state index < -0.39 is 0 Å². The van der Waals surface area contributed by atoms with Crippen molar-refractivity contribution < 1.29 is 25.8 Å². The summed E-state index contributed by atoms with van der Waals surface area (Å²) in [5.41, 5.74) is 10.8. The van der Waals surface area contributed by atoms with E-state index >= 15 is 0 Å². The summed E-state index contributed by atoms with van der Waals surface area (Å²) in [4.78, 5) is 4.78. The minimum Gasteiger partial charge on any atom is -0.509 e. The zero-order chi connectivity index (χ0) is 33.9. The summed E-state index contributed by atoms with van der Waals surface area (Å²) in [5.74, 6) is 2.50. The van der Waals surface area contributed by atoms with E-state index in [0.717, 1.165) is 51.7 Å². The molecule has 0 aliphatic heterocycles. The number of para-hydroxylation sites is 1. The van der Waals surface area contributed by atoms with Crippen LogP contribution in [-0.4, -0.2) is 19.3 Å². The molecule has 7 aromatic rings. The van der Waals surface area contributed by atoms with Gasteiger partial charge in [-0.25, -0.2) is 4.98 Å². The Morgan fingerprint density at radius 2 is 1.54 bits per heavy atom. The summed E-state index contributed by atoms with van der Waals surface area (Å²) in [6.07, 6.45) is 12.9. The van der Waals surface area contributed by atoms with E-state index in [-0.39, 0.29) is 21.1 Å². The number of hydrogen-bond acceptors (Lipinski definition) is 3. The SMILES string of the molecule is CCCCc1cc(C)cc(CCCC)c1-c1cnn(-c2[c-]c(Oc3[c-]c4c(cc3)c3ccccc3n4-c3cc(C(C)C)ccn3)ccc2)c1.[Pt+2]. The molecule has 256 valence electrons. The molecule has 0 saturated heterocycles. The van der Waals surface area contributed by atoms with Crippen molar-refractivity contribution in [1.29, 1.82) is 0 Å². The number of unbranched alkanes of at least 4 members (excludes halogenated alkanes) is 2. The predicted octanol–water partition coefficient (Wildman–Crippen LogP) is 11.5. The van der Waals surface area contributed by atoms with Crippen LogP contribution in [0.5, 0.6) is 11.5 Å². The number of pyridine rings is 1. The molecule has 3 heterocycles. The van der Waals surface area contributed by atoms with Gasteiger partial charge in [0.2, 0.25) is 0 Å². The van der Waals surface area contributed by atoms with E-state index in [2.05, 4.69) is 112 Å². The van der Waals surface area contributed by atoms with E-state index in [4.69, 9.17) is 14.8 Å². The molecule has 0 aliphatic rings. The van der Waals surface area contributed by atoms with E-state index in [1.807, 2.05) is 41.3 Å². The summed E-state index contributed by atoms with van der Waals surface area (Å²) in [6, 6.07) is 34.5. The van der Waals surface area contributed by atoms with Gasteiger partial charge < -0.3 is 9.30 Å². The number of fused-ring (bicyclic) bond motifs is 3. The molecule has 0 N–H and O–H groups in total. The zero-order valence-corrected chi connectivity index (χ0v) is 31.8. The first-order valence-electron chi connectivity index (χ1n) is 17.7. The van der Waals surface area contributed by atoms with Gasteiger partial charge in [-0.1, -0.05) is 81.9 Å². The molecule has 0 fully saturated rings. The maximum absolute atomic E-state index is 6.44. The third kappa shape index (κ3) is 7.21. The first-order valence-corrected chi connectivity index (χ1v) is 17.7. The first-order chi connectivity index (χ1) is 23.9. The third-order valence-corrected chi connectivity index (χ3v) is 9.36. The maximum atomic E-state index is 6.44. The Morgan fingerprint density at radius 1 is 0.800 bits per heavy atom. The molecule has 0 aliphatic carbocycles. The Balaban J connectivity index is 0.00000432. The first kappa shape index (κ1) is 35.4. The third-order valence-electron chi connectivity index (χ3n) is 9.36. The van der Waals surface area contributed by atoms with E-state index in [1.165, 1.54) is 53.5 Å². The monoisotopic (exact) mass is 839 g/mol. The molecule has 0 spiro atoms. The summed E-state index contributed by atoms with van der Waals surface area (Å²) in [7, 11) is 0. The minimum atomic E-state index is 0. The molecule has 0 saturated carbocycles. The van der Waals surface area contributed by atoms with Crippen molar-refractivity contribution in [2.45, 2.75) is 79.1 Å². The van der Waals surface area contributed by atoms with Gasteiger partial charge >= 0.3 is 21.1 Å². The predicted molar refractivity (Wildman–Crippen MR) is 201 cm³/mol. The molecule has 6 heteroatoms. The number of rotatable bonds is 12. The van der Waals surface area contributed by atoms with Crippen LogP contribution in [-0.2, 0) is 33.9 Å². The Hall–Kier alpha value is -4.47. The largest absolute Gasteiger partial charge is 2.00 e. The van der Waals surface area contributed by atoms with Crippen LogP contribution in [0.1, 0.15) is 81.5 Å². The van der Waals surface area contributed by atoms with Crippen LogP contribution in [0.25, 0.3) is 44.4 Å². The summed E-state index contributed by atoms with van der Waals surface area (Å²) in [5, 5.41) is 7.08. The van der Waals surface area contributed by atoms with E-state index in [9.17, 15) is 0 Å². The van der Waals surface area contributed by atoms with Crippen molar-refractivity contribution in [3.8, 4) is 34.1 Å². The molecule has 5 nitrogen and oxygen atoms in total. The van der Waals surface area contributed by atoms with Crippen molar-refractivity contribution >= 4 is 21.8 Å². The number of aryl methyl sites for hydroxylation is 3. The number of benzene rings is 4. The summed E-state index contributed by atoms with van der Waals surface area (Å²) >= 11 is 0. The Bertz CT molecular complexity index is 2220. The Morgan fingerprint density at radius 3 is 2.28 bits per heavy atom. The zero-order valence-electron chi connectivity index (χ0n) is 29.6. The van der Waals surface area contributed by atoms with Crippen LogP contribution in [0.4, 0.5) is 0 Å². The fourth-order valence-electron chi connectivity index (χ4n) is 6.86. The van der Waals surface area contributed by atoms with Gasteiger partial charge in [0.05, 0.1) is 6.20 Å². The average molecular weight is 840 g/mol. The molecule has 0 atom stereocenters. The van der Waals surface area contributed by atoms with Crippen molar-refractivity contribution in [2.24, 2.45) is 0 Å². The van der Waals surface area contributed by atoms with Gasteiger partial charge in [-0.3, -0.25) is 4.68 Å². The van der Waals surface area contributed by atoms with Gasteiger partial charge in [0.1, 0.15) is 5.82 Å². The van der Waals surface area contributed by atoms with Crippen molar-refractivity contribution in [3.05, 3.63) is 132 Å². The normalized spacial score (nSPS) is 11.4. The molecule has 50 heavy (non-hydrogen) atoms. The molecule has 3 aromatic heterocycles. The van der Waals surface area contributed by atoms with Crippen LogP contribution in [0.3, 0.4) is 0 Å². The molecule has 0 unspecified atom stereocenters. The smallest absolute Gasteiger partial charge is 0.509 e. The van der Waals surface area contributed by atoms with Crippen LogP contribution in [0, 0.1) is 19.1 Å². The quantitative estimate of drug-likeness (QED) is 0.115. The van der Waals surface area contributed by atoms with Crippen LogP contribution >= 0.6 is 0 Å². The second kappa shape index (κ2) is 15.6. The standard InChI is InChI=1S/C44H44N4O.Pt/c1-6-8-13-33-23-31(5)24-34(14-9-7-2)44(33)35-28-46-47(29-35)36-15-12-16-37(26-36)49-38-19-20-40-39-17-10-11-18-41(39)48(42(40)27-38)43-25-32(30(3)4)21-22-45-43;/h10-12,15-25,28-30H,6-9,13-14H2,1-5H3;/q-2;+2. The van der Waals surface area contributed by atoms with Crippen molar-refractivity contribution in [2.75, 3.05) is 0 Å². The average Bonchev–Trinajstić information content (AvgIpc) is 3.73. The molecule has 4 aromatic carbocycles. The van der Waals surface area contributed by atoms with Crippen LogP contribution < -0.4 is 4.74 Å². The second-order valence-corrected chi connectivity index (χ2v) is 13.4. The number of aromatic nitrogens is 4. The molecular formula is C44H44N4OPt. The maximum Gasteiger partial charge on any atom is 2.00 e. The topological polar surface area (TPSA) is 44.9 Å². The number of hydrogen-bond donors (Lipinski definition) is 0. The van der Waals surface area contributed by atoms with E-state index in [0.29, 0.717) is 17.4 Å². The Kier molecular flexibility index (Phi) is 11.0. The van der Waals surface area contributed by atoms with Gasteiger partial charge in [-0.2, -0.15) is 17.2 Å². The molecular weight excluding hydrogens is 796 g/mol. The van der Waals surface area contributed by atoms with Gasteiger partial charge in [0.15, 0.2) is 0 Å². The molecule has 0 amide bonds. The Labute approximate surface area is 310 Å². The van der Waals surface area contributed by atoms with Gasteiger partial charge in [0, 0.05) is 35.0 Å². The molecule has 7 rings (SSSR count). The molecule has 0 radical (unpaired) electrons. The minimum absolute atomic E-state index is 0. The van der Waals surface area contributed by atoms with Gasteiger partial charge in [-0.15, -0.1) is 35.7 Å². The number of ether oxygens (including phenoxy) is 1. The summed E-state index contributed by atoms with van der Waals surface area (Å²) in [6.45, 7) is 11.1. The van der Waals surface area contributed by atoms with Crippen LogP contribution in [0.15, 0.2) is 97.5 Å². The second-order valence-electron chi connectivity index (χ2n) is 13.4. The number of nitrogens with zero attached hydrogens (tertiary/aromatic N) is 4. The fourth-order valence-corrected chi connectivity index (χ4v) is 6.86. The van der Waals surface area contributed by atoms with E-state index in [1.54, 1.807) is 0 Å². The van der Waals surface area contributed by atoms with Gasteiger partial charge in [-0.05, 0) is 90.1 Å². The van der Waals surface area contributed by atoms with Crippen LogP contribution in [0.2, 0.25) is 0 Å². The summed E-state index contributed by atoms with van der Waals surface area (Å²) < 4.78 is 10.5. The molecule has 0 bridgehead atoms. The fraction of sp³-hybridized carbons (Fsp3) is 0.273.